The molecular weight excluding hydrogens is 348 g/mol. The summed E-state index contributed by atoms with van der Waals surface area (Å²) in [5.41, 5.74) is 0. The van der Waals surface area contributed by atoms with Crippen LogP contribution >= 0.6 is 15.9 Å². The molecule has 1 aliphatic rings. The summed E-state index contributed by atoms with van der Waals surface area (Å²) in [5.74, 6) is 0.525. The maximum absolute atomic E-state index is 5.70. The molecule has 7 nitrogen and oxygen atoms in total. The zero-order chi connectivity index (χ0) is 15.2. The second-order valence-corrected chi connectivity index (χ2v) is 6.39. The Morgan fingerprint density at radius 3 is 2.91 bits per heavy atom. The van der Waals surface area contributed by atoms with E-state index in [-0.39, 0.29) is 0 Å². The molecule has 0 bridgehead atoms. The molecule has 3 rings (SSSR count). The van der Waals surface area contributed by atoms with Crippen LogP contribution in [0.15, 0.2) is 29.3 Å². The topological polar surface area (TPSA) is 69.0 Å². The van der Waals surface area contributed by atoms with Gasteiger partial charge < -0.3 is 9.64 Å². The van der Waals surface area contributed by atoms with Gasteiger partial charge in [-0.3, -0.25) is 4.68 Å². The van der Waals surface area contributed by atoms with Gasteiger partial charge in [0.05, 0.1) is 23.8 Å². The van der Waals surface area contributed by atoms with E-state index in [0.717, 1.165) is 30.7 Å². The van der Waals surface area contributed by atoms with Crippen molar-refractivity contribution >= 4 is 15.9 Å². The number of likely N-dealkylation sites (tertiary alicyclic amines) is 1. The largest absolute Gasteiger partial charge is 0.463 e. The van der Waals surface area contributed by atoms with E-state index >= 15 is 0 Å². The zero-order valence-electron chi connectivity index (χ0n) is 12.3. The third kappa shape index (κ3) is 4.48. The molecule has 1 unspecified atom stereocenters. The summed E-state index contributed by atoms with van der Waals surface area (Å²) < 4.78 is 8.43. The molecule has 1 aliphatic heterocycles. The maximum Gasteiger partial charge on any atom is 0.316 e. The van der Waals surface area contributed by atoms with Crippen molar-refractivity contribution in [3.05, 3.63) is 29.3 Å². The first-order valence-electron chi connectivity index (χ1n) is 7.46. The molecule has 0 amide bonds. The summed E-state index contributed by atoms with van der Waals surface area (Å²) in [6, 6.07) is 0.447. The smallest absolute Gasteiger partial charge is 0.316 e. The number of rotatable bonds is 6. The van der Waals surface area contributed by atoms with Crippen LogP contribution in [-0.2, 0) is 6.54 Å². The minimum absolute atomic E-state index is 0.447. The number of hydrogen-bond donors (Lipinski definition) is 0. The van der Waals surface area contributed by atoms with E-state index in [1.54, 1.807) is 18.6 Å². The Bertz CT molecular complexity index is 561. The first-order chi connectivity index (χ1) is 10.8. The second kappa shape index (κ2) is 7.64. The molecule has 0 radical (unpaired) electrons. The number of ether oxygens (including phenoxy) is 1. The van der Waals surface area contributed by atoms with Gasteiger partial charge in [-0.1, -0.05) is 5.21 Å². The van der Waals surface area contributed by atoms with Crippen LogP contribution in [0.5, 0.6) is 6.01 Å². The average Bonchev–Trinajstić information content (AvgIpc) is 3.06. The fraction of sp³-hybridized carbons (Fsp3) is 0.571. The molecule has 2 aromatic rings. The van der Waals surface area contributed by atoms with Crippen LogP contribution < -0.4 is 4.74 Å². The Morgan fingerprint density at radius 1 is 1.27 bits per heavy atom. The highest BCUT2D eigenvalue weighted by Gasteiger charge is 2.20. The van der Waals surface area contributed by atoms with Crippen molar-refractivity contribution in [2.75, 3.05) is 26.2 Å². The van der Waals surface area contributed by atoms with E-state index in [1.807, 2.05) is 10.9 Å². The van der Waals surface area contributed by atoms with Crippen LogP contribution in [0.4, 0.5) is 0 Å². The molecular formula is C14H19BrN6O. The molecule has 8 heteroatoms. The van der Waals surface area contributed by atoms with Crippen LogP contribution in [0.1, 0.15) is 12.8 Å². The molecule has 0 aliphatic carbocycles. The van der Waals surface area contributed by atoms with Crippen molar-refractivity contribution in [3.8, 4) is 6.01 Å². The lowest BCUT2D eigenvalue weighted by Gasteiger charge is -2.32. The van der Waals surface area contributed by atoms with Gasteiger partial charge in [-0.05, 0) is 35.3 Å². The van der Waals surface area contributed by atoms with Crippen LogP contribution in [0.25, 0.3) is 0 Å². The molecule has 0 aromatic carbocycles. The van der Waals surface area contributed by atoms with Gasteiger partial charge in [-0.25, -0.2) is 9.97 Å². The predicted octanol–water partition coefficient (Wildman–Crippen LogP) is 1.62. The molecule has 0 saturated carbocycles. The lowest BCUT2D eigenvalue weighted by Crippen LogP contribution is -2.39. The summed E-state index contributed by atoms with van der Waals surface area (Å²) in [4.78, 5) is 10.7. The Balaban J connectivity index is 1.43. The minimum atomic E-state index is 0.447. The fourth-order valence-corrected chi connectivity index (χ4v) is 2.86. The molecule has 1 fully saturated rings. The molecule has 0 N–H and O–H groups in total. The first-order valence-corrected chi connectivity index (χ1v) is 8.26. The Hall–Kier alpha value is -1.54. The quantitative estimate of drug-likeness (QED) is 0.773. The molecule has 3 heterocycles. The summed E-state index contributed by atoms with van der Waals surface area (Å²) >= 11 is 3.32. The standard InChI is InChI=1S/C14H19BrN6O/c15-13-8-16-14(17-9-13)22-11-12-2-1-4-20(10-12)6-7-21-5-3-18-19-21/h3,5,8-9,12H,1-2,4,6-7,10-11H2. The van der Waals surface area contributed by atoms with E-state index in [4.69, 9.17) is 4.74 Å². The van der Waals surface area contributed by atoms with Crippen LogP contribution in [-0.4, -0.2) is 56.1 Å². The van der Waals surface area contributed by atoms with Crippen LogP contribution in [0.3, 0.4) is 0 Å². The molecule has 1 atom stereocenters. The number of halogens is 1. The van der Waals surface area contributed by atoms with Crippen molar-refractivity contribution in [1.29, 1.82) is 0 Å². The number of hydrogen-bond acceptors (Lipinski definition) is 6. The minimum Gasteiger partial charge on any atom is -0.463 e. The summed E-state index contributed by atoms with van der Waals surface area (Å²) in [6.45, 7) is 4.73. The number of aromatic nitrogens is 5. The van der Waals surface area contributed by atoms with E-state index in [0.29, 0.717) is 18.5 Å². The van der Waals surface area contributed by atoms with Gasteiger partial charge in [0.1, 0.15) is 0 Å². The highest BCUT2D eigenvalue weighted by molar-refractivity contribution is 9.10. The van der Waals surface area contributed by atoms with Crippen molar-refractivity contribution in [3.63, 3.8) is 0 Å². The average molecular weight is 367 g/mol. The van der Waals surface area contributed by atoms with Gasteiger partial charge in [-0.15, -0.1) is 5.10 Å². The van der Waals surface area contributed by atoms with Crippen LogP contribution in [0.2, 0.25) is 0 Å². The molecule has 118 valence electrons. The molecule has 1 saturated heterocycles. The Morgan fingerprint density at radius 2 is 2.14 bits per heavy atom. The zero-order valence-corrected chi connectivity index (χ0v) is 13.9. The third-order valence-electron chi connectivity index (χ3n) is 3.77. The second-order valence-electron chi connectivity index (χ2n) is 5.47. The van der Waals surface area contributed by atoms with E-state index in [2.05, 4.69) is 41.1 Å². The van der Waals surface area contributed by atoms with Gasteiger partial charge in [0.2, 0.25) is 0 Å². The normalized spacial score (nSPS) is 19.2. The number of piperidine rings is 1. The Labute approximate surface area is 137 Å². The van der Waals surface area contributed by atoms with Crippen molar-refractivity contribution in [2.45, 2.75) is 19.4 Å². The lowest BCUT2D eigenvalue weighted by molar-refractivity contribution is 0.121. The van der Waals surface area contributed by atoms with Gasteiger partial charge in [-0.2, -0.15) is 0 Å². The van der Waals surface area contributed by atoms with Gasteiger partial charge in [0.25, 0.3) is 0 Å². The van der Waals surface area contributed by atoms with E-state index in [9.17, 15) is 0 Å². The first kappa shape index (κ1) is 15.4. The maximum atomic E-state index is 5.70. The summed E-state index contributed by atoms with van der Waals surface area (Å²) in [5, 5.41) is 7.82. The van der Waals surface area contributed by atoms with E-state index in [1.165, 1.54) is 12.8 Å². The monoisotopic (exact) mass is 366 g/mol. The van der Waals surface area contributed by atoms with Crippen molar-refractivity contribution < 1.29 is 4.74 Å². The van der Waals surface area contributed by atoms with Crippen molar-refractivity contribution in [2.24, 2.45) is 5.92 Å². The van der Waals surface area contributed by atoms with Gasteiger partial charge >= 0.3 is 6.01 Å². The fourth-order valence-electron chi connectivity index (χ4n) is 2.65. The molecule has 0 spiro atoms. The summed E-state index contributed by atoms with van der Waals surface area (Å²) in [6.07, 6.45) is 9.41. The predicted molar refractivity (Wildman–Crippen MR) is 84.4 cm³/mol. The van der Waals surface area contributed by atoms with Crippen LogP contribution in [0, 0.1) is 5.92 Å². The number of nitrogens with zero attached hydrogens (tertiary/aromatic N) is 6. The summed E-state index contributed by atoms with van der Waals surface area (Å²) in [7, 11) is 0. The lowest BCUT2D eigenvalue weighted by atomic mass is 9.99. The van der Waals surface area contributed by atoms with Gasteiger partial charge in [0.15, 0.2) is 0 Å². The highest BCUT2D eigenvalue weighted by Crippen LogP contribution is 2.17. The third-order valence-corrected chi connectivity index (χ3v) is 4.17. The SMILES string of the molecule is Brc1cnc(OCC2CCCN(CCn3ccnn3)C2)nc1. The van der Waals surface area contributed by atoms with E-state index < -0.39 is 0 Å². The van der Waals surface area contributed by atoms with Gasteiger partial charge in [0, 0.05) is 37.6 Å². The molecule has 2 aromatic heterocycles. The Kier molecular flexibility index (Phi) is 5.33. The highest BCUT2D eigenvalue weighted by atomic mass is 79.9. The molecule has 22 heavy (non-hydrogen) atoms. The van der Waals surface area contributed by atoms with Crippen molar-refractivity contribution in [1.82, 2.24) is 29.9 Å².